The van der Waals surface area contributed by atoms with Crippen molar-refractivity contribution in [3.05, 3.63) is 0 Å². The van der Waals surface area contributed by atoms with Crippen molar-refractivity contribution in [2.24, 2.45) is 0 Å². The lowest BCUT2D eigenvalue weighted by Gasteiger charge is -2.34. The van der Waals surface area contributed by atoms with Crippen molar-refractivity contribution < 1.29 is 28.8 Å². The second-order valence-electron chi connectivity index (χ2n) is 6.89. The van der Waals surface area contributed by atoms with Crippen molar-refractivity contribution in [1.29, 1.82) is 0 Å². The third-order valence-corrected chi connectivity index (χ3v) is 3.20. The van der Waals surface area contributed by atoms with Gasteiger partial charge in [0.2, 0.25) is 0 Å². The molecule has 2 aliphatic heterocycles. The Morgan fingerprint density at radius 1 is 1.38 bits per heavy atom. The molecule has 122 valence electrons. The number of aliphatic hydroxyl groups is 1. The number of alkyl carbamates (subject to hydrolysis) is 1. The zero-order chi connectivity index (χ0) is 15.8. The van der Waals surface area contributed by atoms with Crippen molar-refractivity contribution in [3.63, 3.8) is 0 Å². The molecule has 3 unspecified atom stereocenters. The number of aliphatic hydroxyl groups excluding tert-OH is 1. The number of carbonyl (C=O) groups excluding carboxylic acids is 1. The molecule has 4 atom stereocenters. The molecule has 0 aromatic rings. The fraction of sp³-hybridized carbons (Fsp3) is 0.929. The highest BCUT2D eigenvalue weighted by molar-refractivity contribution is 5.67. The van der Waals surface area contributed by atoms with E-state index in [2.05, 4.69) is 5.32 Å². The molecule has 0 aromatic heterocycles. The van der Waals surface area contributed by atoms with E-state index in [4.69, 9.17) is 18.9 Å². The van der Waals surface area contributed by atoms with E-state index in [0.29, 0.717) is 6.42 Å². The number of amides is 1. The normalized spacial score (nSPS) is 35.1. The van der Waals surface area contributed by atoms with E-state index in [1.165, 1.54) is 0 Å². The van der Waals surface area contributed by atoms with Crippen LogP contribution in [0.5, 0.6) is 0 Å². The third-order valence-electron chi connectivity index (χ3n) is 3.20. The summed E-state index contributed by atoms with van der Waals surface area (Å²) >= 11 is 0. The molecule has 21 heavy (non-hydrogen) atoms. The van der Waals surface area contributed by atoms with E-state index in [0.717, 1.165) is 0 Å². The van der Waals surface area contributed by atoms with Crippen molar-refractivity contribution in [2.75, 3.05) is 6.54 Å². The lowest BCUT2D eigenvalue weighted by atomic mass is 10.0. The second-order valence-corrected chi connectivity index (χ2v) is 6.89. The molecule has 0 aliphatic carbocycles. The number of fused-ring (bicyclic) bond motifs is 1. The fourth-order valence-electron chi connectivity index (χ4n) is 2.56. The fourth-order valence-corrected chi connectivity index (χ4v) is 2.56. The summed E-state index contributed by atoms with van der Waals surface area (Å²) in [7, 11) is 0. The van der Waals surface area contributed by atoms with Gasteiger partial charge >= 0.3 is 6.09 Å². The number of nitrogens with one attached hydrogen (secondary N) is 1. The first kappa shape index (κ1) is 16.5. The molecule has 0 bridgehead atoms. The van der Waals surface area contributed by atoms with Crippen LogP contribution in [-0.2, 0) is 18.9 Å². The topological polar surface area (TPSA) is 86.3 Å². The number of hydrogen-bond donors (Lipinski definition) is 2. The largest absolute Gasteiger partial charge is 0.444 e. The molecule has 7 heteroatoms. The Bertz CT molecular complexity index is 391. The molecule has 1 amide bonds. The molecule has 2 fully saturated rings. The SMILES string of the molecule is CC(C)(C)OC(=O)NCC1OC(O)CC2OC(C)(C)O[C@@H]12. The van der Waals surface area contributed by atoms with Gasteiger partial charge in [-0.3, -0.25) is 0 Å². The molecule has 2 N–H and O–H groups in total. The minimum atomic E-state index is -0.922. The molecular formula is C14H25NO6. The van der Waals surface area contributed by atoms with Gasteiger partial charge in [0.1, 0.15) is 17.8 Å². The number of ether oxygens (including phenoxy) is 4. The summed E-state index contributed by atoms with van der Waals surface area (Å²) in [5, 5.41) is 12.4. The van der Waals surface area contributed by atoms with Crippen LogP contribution in [0.4, 0.5) is 4.79 Å². The van der Waals surface area contributed by atoms with Crippen molar-refractivity contribution >= 4 is 6.09 Å². The maximum Gasteiger partial charge on any atom is 0.407 e. The summed E-state index contributed by atoms with van der Waals surface area (Å²) < 4.78 is 22.2. The summed E-state index contributed by atoms with van der Waals surface area (Å²) in [4.78, 5) is 11.7. The molecule has 7 nitrogen and oxygen atoms in total. The minimum Gasteiger partial charge on any atom is -0.444 e. The third kappa shape index (κ3) is 4.54. The summed E-state index contributed by atoms with van der Waals surface area (Å²) in [5.41, 5.74) is -0.561. The predicted octanol–water partition coefficient (Wildman–Crippen LogP) is 1.14. The summed E-state index contributed by atoms with van der Waals surface area (Å²) in [5.74, 6) is -0.715. The Morgan fingerprint density at radius 3 is 2.67 bits per heavy atom. The average Bonchev–Trinajstić information content (AvgIpc) is 2.57. The van der Waals surface area contributed by atoms with Crippen LogP contribution in [0.15, 0.2) is 0 Å². The van der Waals surface area contributed by atoms with E-state index in [1.54, 1.807) is 20.8 Å². The van der Waals surface area contributed by atoms with Crippen molar-refractivity contribution in [2.45, 2.75) is 77.0 Å². The average molecular weight is 303 g/mol. The van der Waals surface area contributed by atoms with E-state index < -0.39 is 29.9 Å². The molecule has 0 aromatic carbocycles. The maximum atomic E-state index is 11.7. The van der Waals surface area contributed by atoms with Gasteiger partial charge in [-0.2, -0.15) is 0 Å². The Kier molecular flexibility index (Phi) is 4.49. The predicted molar refractivity (Wildman–Crippen MR) is 73.6 cm³/mol. The van der Waals surface area contributed by atoms with Crippen LogP contribution in [0.25, 0.3) is 0 Å². The zero-order valence-corrected chi connectivity index (χ0v) is 13.2. The van der Waals surface area contributed by atoms with Crippen molar-refractivity contribution in [3.8, 4) is 0 Å². The smallest absolute Gasteiger partial charge is 0.407 e. The molecule has 2 aliphatic rings. The van der Waals surface area contributed by atoms with Gasteiger partial charge in [-0.25, -0.2) is 4.79 Å². The van der Waals surface area contributed by atoms with E-state index in [9.17, 15) is 9.90 Å². The van der Waals surface area contributed by atoms with Crippen LogP contribution in [0.2, 0.25) is 0 Å². The first-order valence-electron chi connectivity index (χ1n) is 7.22. The monoisotopic (exact) mass is 303 g/mol. The summed E-state index contributed by atoms with van der Waals surface area (Å²) in [6.45, 7) is 9.19. The van der Waals surface area contributed by atoms with E-state index >= 15 is 0 Å². The van der Waals surface area contributed by atoms with E-state index in [1.807, 2.05) is 13.8 Å². The summed E-state index contributed by atoms with van der Waals surface area (Å²) in [6.07, 6.45) is -2.13. The van der Waals surface area contributed by atoms with Crippen LogP contribution in [-0.4, -0.2) is 53.7 Å². The molecule has 2 saturated heterocycles. The minimum absolute atomic E-state index is 0.187. The Balaban J connectivity index is 1.91. The highest BCUT2D eigenvalue weighted by atomic mass is 16.8. The zero-order valence-electron chi connectivity index (χ0n) is 13.2. The van der Waals surface area contributed by atoms with Gasteiger partial charge < -0.3 is 29.4 Å². The highest BCUT2D eigenvalue weighted by Crippen LogP contribution is 2.36. The van der Waals surface area contributed by atoms with Crippen LogP contribution in [0.3, 0.4) is 0 Å². The Labute approximate surface area is 124 Å². The van der Waals surface area contributed by atoms with Gasteiger partial charge in [0.05, 0.1) is 6.10 Å². The van der Waals surface area contributed by atoms with Gasteiger partial charge in [0.15, 0.2) is 12.1 Å². The van der Waals surface area contributed by atoms with Gasteiger partial charge in [-0.15, -0.1) is 0 Å². The first-order chi connectivity index (χ1) is 9.56. The Morgan fingerprint density at radius 2 is 2.05 bits per heavy atom. The van der Waals surface area contributed by atoms with Crippen LogP contribution in [0, 0.1) is 0 Å². The van der Waals surface area contributed by atoms with Gasteiger partial charge in [-0.05, 0) is 34.6 Å². The highest BCUT2D eigenvalue weighted by Gasteiger charge is 2.49. The lowest BCUT2D eigenvalue weighted by Crippen LogP contribution is -2.52. The van der Waals surface area contributed by atoms with Crippen LogP contribution >= 0.6 is 0 Å². The number of carbonyl (C=O) groups is 1. The van der Waals surface area contributed by atoms with Gasteiger partial charge in [-0.1, -0.05) is 0 Å². The molecule has 0 spiro atoms. The van der Waals surface area contributed by atoms with Crippen molar-refractivity contribution in [1.82, 2.24) is 5.32 Å². The standard InChI is InChI=1S/C14H25NO6/c1-13(2,3)21-12(17)15-7-9-11-8(6-10(16)18-9)19-14(4,5)20-11/h8-11,16H,6-7H2,1-5H3,(H,15,17)/t8?,9?,10?,11-/m1/s1. The quantitative estimate of drug-likeness (QED) is 0.795. The molecule has 2 heterocycles. The number of hydrogen-bond acceptors (Lipinski definition) is 6. The maximum absolute atomic E-state index is 11.7. The number of rotatable bonds is 2. The lowest BCUT2D eigenvalue weighted by molar-refractivity contribution is -0.207. The van der Waals surface area contributed by atoms with Crippen LogP contribution in [0.1, 0.15) is 41.0 Å². The van der Waals surface area contributed by atoms with Crippen LogP contribution < -0.4 is 5.32 Å². The Hall–Kier alpha value is -0.890. The first-order valence-corrected chi connectivity index (χ1v) is 7.22. The molecule has 2 rings (SSSR count). The summed E-state index contributed by atoms with van der Waals surface area (Å²) in [6, 6.07) is 0. The van der Waals surface area contributed by atoms with Gasteiger partial charge in [0, 0.05) is 13.0 Å². The molecule has 0 radical (unpaired) electrons. The van der Waals surface area contributed by atoms with Gasteiger partial charge in [0.25, 0.3) is 0 Å². The van der Waals surface area contributed by atoms with E-state index in [-0.39, 0.29) is 18.8 Å². The second kappa shape index (κ2) is 5.72. The molecular weight excluding hydrogens is 278 g/mol. The molecule has 0 saturated carbocycles.